The van der Waals surface area contributed by atoms with E-state index >= 15 is 0 Å². The zero-order chi connectivity index (χ0) is 20.8. The lowest BCUT2D eigenvalue weighted by atomic mass is 10.1. The van der Waals surface area contributed by atoms with Crippen molar-refractivity contribution in [3.05, 3.63) is 83.2 Å². The molecular weight excluding hydrogens is 368 g/mol. The molecule has 2 N–H and O–H groups in total. The average molecular weight is 386 g/mol. The molecule has 2 amide bonds. The minimum Gasteiger partial charge on any atom is -0.495 e. The zero-order valence-corrected chi connectivity index (χ0v) is 15.9. The Morgan fingerprint density at radius 2 is 1.86 bits per heavy atom. The molecule has 1 heterocycles. The monoisotopic (exact) mass is 386 g/mol. The van der Waals surface area contributed by atoms with Crippen LogP contribution in [-0.4, -0.2) is 23.9 Å². The highest BCUT2D eigenvalue weighted by atomic mass is 16.5. The van der Waals surface area contributed by atoms with Crippen LogP contribution in [0.4, 0.5) is 11.4 Å². The lowest BCUT2D eigenvalue weighted by Gasteiger charge is -2.11. The molecule has 0 spiro atoms. The Balaban J connectivity index is 1.78. The molecule has 29 heavy (non-hydrogen) atoms. The molecule has 3 rings (SSSR count). The van der Waals surface area contributed by atoms with Crippen molar-refractivity contribution in [1.82, 2.24) is 4.98 Å². The standard InChI is InChI=1S/C22H18N4O3/c1-14-6-7-20(29-2)18(10-14)26-21(27)16-8-9-24-19(12-16)22(28)25-17-5-3-4-15(11-17)13-23/h3-12H,1-2H3,(H,25,28)(H,26,27). The maximum atomic E-state index is 12.6. The van der Waals surface area contributed by atoms with Gasteiger partial charge in [-0.25, -0.2) is 0 Å². The van der Waals surface area contributed by atoms with Crippen LogP contribution < -0.4 is 15.4 Å². The van der Waals surface area contributed by atoms with Gasteiger partial charge in [0.25, 0.3) is 11.8 Å². The number of rotatable bonds is 5. The lowest BCUT2D eigenvalue weighted by molar-refractivity contribution is 0.102. The van der Waals surface area contributed by atoms with E-state index in [1.807, 2.05) is 19.1 Å². The molecule has 0 radical (unpaired) electrons. The number of nitrogens with zero attached hydrogens (tertiary/aromatic N) is 2. The van der Waals surface area contributed by atoms with Crippen LogP contribution >= 0.6 is 0 Å². The minimum atomic E-state index is -0.483. The van der Waals surface area contributed by atoms with Gasteiger partial charge in [-0.05, 0) is 55.0 Å². The van der Waals surface area contributed by atoms with Gasteiger partial charge < -0.3 is 15.4 Å². The van der Waals surface area contributed by atoms with Crippen LogP contribution in [0.5, 0.6) is 5.75 Å². The number of aromatic nitrogens is 1. The third-order valence-electron chi connectivity index (χ3n) is 4.11. The first-order chi connectivity index (χ1) is 14.0. The van der Waals surface area contributed by atoms with Gasteiger partial charge in [-0.15, -0.1) is 0 Å². The highest BCUT2D eigenvalue weighted by Gasteiger charge is 2.14. The summed E-state index contributed by atoms with van der Waals surface area (Å²) in [4.78, 5) is 29.2. The third-order valence-corrected chi connectivity index (χ3v) is 4.11. The summed E-state index contributed by atoms with van der Waals surface area (Å²) < 4.78 is 5.27. The number of pyridine rings is 1. The average Bonchev–Trinajstić information content (AvgIpc) is 2.74. The van der Waals surface area contributed by atoms with Crippen LogP contribution in [0.3, 0.4) is 0 Å². The number of nitriles is 1. The second-order valence-corrected chi connectivity index (χ2v) is 6.23. The van der Waals surface area contributed by atoms with E-state index in [4.69, 9.17) is 10.00 Å². The number of nitrogens with one attached hydrogen (secondary N) is 2. The molecule has 1 aromatic heterocycles. The number of hydrogen-bond donors (Lipinski definition) is 2. The largest absolute Gasteiger partial charge is 0.495 e. The van der Waals surface area contributed by atoms with E-state index in [-0.39, 0.29) is 11.3 Å². The number of carbonyl (C=O) groups excluding carboxylic acids is 2. The van der Waals surface area contributed by atoms with Crippen molar-refractivity contribution in [3.8, 4) is 11.8 Å². The molecule has 0 aliphatic heterocycles. The highest BCUT2D eigenvalue weighted by Crippen LogP contribution is 2.25. The van der Waals surface area contributed by atoms with Crippen LogP contribution in [0.1, 0.15) is 32.0 Å². The Labute approximate surface area is 168 Å². The van der Waals surface area contributed by atoms with Crippen molar-refractivity contribution < 1.29 is 14.3 Å². The van der Waals surface area contributed by atoms with Gasteiger partial charge in [0.2, 0.25) is 0 Å². The Morgan fingerprint density at radius 3 is 2.62 bits per heavy atom. The fraction of sp³-hybridized carbons (Fsp3) is 0.0909. The summed E-state index contributed by atoms with van der Waals surface area (Å²) in [6, 6.07) is 16.9. The van der Waals surface area contributed by atoms with Gasteiger partial charge in [-0.2, -0.15) is 5.26 Å². The van der Waals surface area contributed by atoms with Crippen molar-refractivity contribution in [2.24, 2.45) is 0 Å². The van der Waals surface area contributed by atoms with Gasteiger partial charge in [0.15, 0.2) is 0 Å². The van der Waals surface area contributed by atoms with Crippen LogP contribution in [0.15, 0.2) is 60.8 Å². The molecule has 144 valence electrons. The van der Waals surface area contributed by atoms with E-state index in [9.17, 15) is 9.59 Å². The van der Waals surface area contributed by atoms with Crippen molar-refractivity contribution >= 4 is 23.2 Å². The molecule has 7 heteroatoms. The summed E-state index contributed by atoms with van der Waals surface area (Å²) in [5.41, 5.74) is 2.76. The van der Waals surface area contributed by atoms with Crippen molar-refractivity contribution in [1.29, 1.82) is 5.26 Å². The molecule has 0 aliphatic carbocycles. The zero-order valence-electron chi connectivity index (χ0n) is 15.9. The first kappa shape index (κ1) is 19.6. The second kappa shape index (κ2) is 8.67. The van der Waals surface area contributed by atoms with Crippen molar-refractivity contribution in [2.75, 3.05) is 17.7 Å². The normalized spacial score (nSPS) is 9.97. The molecule has 7 nitrogen and oxygen atoms in total. The predicted molar refractivity (Wildman–Crippen MR) is 109 cm³/mol. The topological polar surface area (TPSA) is 104 Å². The molecule has 0 aliphatic rings. The van der Waals surface area contributed by atoms with E-state index < -0.39 is 11.8 Å². The van der Waals surface area contributed by atoms with Gasteiger partial charge in [0.05, 0.1) is 24.4 Å². The molecule has 0 atom stereocenters. The Morgan fingerprint density at radius 1 is 1.03 bits per heavy atom. The van der Waals surface area contributed by atoms with Gasteiger partial charge in [-0.3, -0.25) is 14.6 Å². The van der Waals surface area contributed by atoms with Gasteiger partial charge in [0, 0.05) is 17.4 Å². The van der Waals surface area contributed by atoms with Crippen molar-refractivity contribution in [2.45, 2.75) is 6.92 Å². The molecule has 0 bridgehead atoms. The van der Waals surface area contributed by atoms with Gasteiger partial charge in [-0.1, -0.05) is 12.1 Å². The number of methoxy groups -OCH3 is 1. The molecule has 0 saturated carbocycles. The smallest absolute Gasteiger partial charge is 0.274 e. The van der Waals surface area contributed by atoms with E-state index in [1.54, 1.807) is 36.4 Å². The summed E-state index contributed by atoms with van der Waals surface area (Å²) in [7, 11) is 1.52. The fourth-order valence-corrected chi connectivity index (χ4v) is 2.67. The third kappa shape index (κ3) is 4.76. The first-order valence-corrected chi connectivity index (χ1v) is 8.73. The maximum absolute atomic E-state index is 12.6. The molecular formula is C22H18N4O3. The number of benzene rings is 2. The van der Waals surface area contributed by atoms with Crippen LogP contribution in [0.25, 0.3) is 0 Å². The first-order valence-electron chi connectivity index (χ1n) is 8.73. The quantitative estimate of drug-likeness (QED) is 0.694. The van der Waals surface area contributed by atoms with E-state index in [2.05, 4.69) is 15.6 Å². The number of ether oxygens (including phenoxy) is 1. The van der Waals surface area contributed by atoms with Crippen molar-refractivity contribution in [3.63, 3.8) is 0 Å². The summed E-state index contributed by atoms with van der Waals surface area (Å²) >= 11 is 0. The molecule has 2 aromatic carbocycles. The Hall–Kier alpha value is -4.18. The van der Waals surface area contributed by atoms with Gasteiger partial charge >= 0.3 is 0 Å². The van der Waals surface area contributed by atoms with E-state index in [1.165, 1.54) is 25.4 Å². The summed E-state index contributed by atoms with van der Waals surface area (Å²) in [5, 5.41) is 14.4. The molecule has 0 fully saturated rings. The molecule has 3 aromatic rings. The number of hydrogen-bond acceptors (Lipinski definition) is 5. The van der Waals surface area contributed by atoms with Crippen LogP contribution in [0, 0.1) is 18.3 Å². The fourth-order valence-electron chi connectivity index (χ4n) is 2.67. The van der Waals surface area contributed by atoms with E-state index in [0.717, 1.165) is 5.56 Å². The van der Waals surface area contributed by atoms with Gasteiger partial charge in [0.1, 0.15) is 11.4 Å². The Kier molecular flexibility index (Phi) is 5.85. The molecule has 0 saturated heterocycles. The number of carbonyl (C=O) groups is 2. The highest BCUT2D eigenvalue weighted by molar-refractivity contribution is 6.08. The Bertz CT molecular complexity index is 1120. The number of anilines is 2. The lowest BCUT2D eigenvalue weighted by Crippen LogP contribution is -2.17. The summed E-state index contributed by atoms with van der Waals surface area (Å²) in [5.74, 6) is -0.340. The second-order valence-electron chi connectivity index (χ2n) is 6.23. The van der Waals surface area contributed by atoms with Crippen LogP contribution in [0.2, 0.25) is 0 Å². The molecule has 0 unspecified atom stereocenters. The number of aryl methyl sites for hydroxylation is 1. The maximum Gasteiger partial charge on any atom is 0.274 e. The summed E-state index contributed by atoms with van der Waals surface area (Å²) in [6.07, 6.45) is 1.39. The van der Waals surface area contributed by atoms with Crippen LogP contribution in [-0.2, 0) is 0 Å². The number of amides is 2. The SMILES string of the molecule is COc1ccc(C)cc1NC(=O)c1ccnc(C(=O)Nc2cccc(C#N)c2)c1. The van der Waals surface area contributed by atoms with E-state index in [0.29, 0.717) is 22.7 Å². The predicted octanol–water partition coefficient (Wildman–Crippen LogP) is 3.77. The minimum absolute atomic E-state index is 0.0798. The summed E-state index contributed by atoms with van der Waals surface area (Å²) in [6.45, 7) is 1.91.